The number of nitrogens with one attached hydrogen (secondary N) is 2. The standard InChI is InChI=1S/C16H9ClN6O2/c17-10-1-2-11(9-5-19-22-13(9)10)21-14-8-3-4-18-6-12(8)25-15(14)16-23-20-7-24-16/h1-7,21H,(H,19,22). The summed E-state index contributed by atoms with van der Waals surface area (Å²) in [6, 6.07) is 5.52. The first-order chi connectivity index (χ1) is 12.3. The SMILES string of the molecule is Clc1ccc(Nc2c(-c3nnco3)oc3cnccc23)c2cn[nH]c12. The van der Waals surface area contributed by atoms with E-state index in [0.29, 0.717) is 22.1 Å². The summed E-state index contributed by atoms with van der Waals surface area (Å²) in [6.45, 7) is 0. The maximum Gasteiger partial charge on any atom is 0.285 e. The Kier molecular flexibility index (Phi) is 2.98. The zero-order chi connectivity index (χ0) is 16.8. The summed E-state index contributed by atoms with van der Waals surface area (Å²) in [4.78, 5) is 4.09. The molecule has 5 aromatic rings. The van der Waals surface area contributed by atoms with Crippen LogP contribution in [-0.4, -0.2) is 25.4 Å². The fourth-order valence-electron chi connectivity index (χ4n) is 2.74. The zero-order valence-corrected chi connectivity index (χ0v) is 13.3. The highest BCUT2D eigenvalue weighted by Gasteiger charge is 2.21. The monoisotopic (exact) mass is 352 g/mol. The minimum absolute atomic E-state index is 0.274. The molecule has 0 unspecified atom stereocenters. The molecule has 9 heteroatoms. The fourth-order valence-corrected chi connectivity index (χ4v) is 2.95. The summed E-state index contributed by atoms with van der Waals surface area (Å²) < 4.78 is 11.2. The van der Waals surface area contributed by atoms with Crippen molar-refractivity contribution in [2.75, 3.05) is 5.32 Å². The van der Waals surface area contributed by atoms with E-state index in [9.17, 15) is 0 Å². The average Bonchev–Trinajstić information content (AvgIpc) is 3.36. The third-order valence-electron chi connectivity index (χ3n) is 3.87. The highest BCUT2D eigenvalue weighted by atomic mass is 35.5. The quantitative estimate of drug-likeness (QED) is 0.502. The van der Waals surface area contributed by atoms with Crippen LogP contribution in [0.2, 0.25) is 5.02 Å². The smallest absolute Gasteiger partial charge is 0.285 e. The first-order valence-electron chi connectivity index (χ1n) is 7.33. The van der Waals surface area contributed by atoms with Crippen LogP contribution in [0.3, 0.4) is 0 Å². The van der Waals surface area contributed by atoms with Crippen molar-refractivity contribution in [2.45, 2.75) is 0 Å². The summed E-state index contributed by atoms with van der Waals surface area (Å²) in [7, 11) is 0. The van der Waals surface area contributed by atoms with E-state index in [1.54, 1.807) is 24.7 Å². The molecule has 0 saturated carbocycles. The number of rotatable bonds is 3. The van der Waals surface area contributed by atoms with Gasteiger partial charge in [-0.05, 0) is 18.2 Å². The molecule has 0 spiro atoms. The number of halogens is 1. The summed E-state index contributed by atoms with van der Waals surface area (Å²) in [6.07, 6.45) is 6.28. The fraction of sp³-hybridized carbons (Fsp3) is 0. The molecule has 4 aromatic heterocycles. The van der Waals surface area contributed by atoms with Gasteiger partial charge >= 0.3 is 0 Å². The van der Waals surface area contributed by atoms with Gasteiger partial charge in [-0.25, -0.2) is 0 Å². The number of nitrogens with zero attached hydrogens (tertiary/aromatic N) is 4. The van der Waals surface area contributed by atoms with Crippen LogP contribution in [0.25, 0.3) is 33.5 Å². The van der Waals surface area contributed by atoms with Crippen LogP contribution >= 0.6 is 11.6 Å². The van der Waals surface area contributed by atoms with E-state index >= 15 is 0 Å². The Morgan fingerprint density at radius 1 is 1.12 bits per heavy atom. The third-order valence-corrected chi connectivity index (χ3v) is 4.19. The van der Waals surface area contributed by atoms with E-state index < -0.39 is 0 Å². The number of hydrogen-bond acceptors (Lipinski definition) is 7. The summed E-state index contributed by atoms with van der Waals surface area (Å²) in [5, 5.41) is 20.3. The molecule has 0 radical (unpaired) electrons. The van der Waals surface area contributed by atoms with Gasteiger partial charge in [0.2, 0.25) is 12.2 Å². The van der Waals surface area contributed by atoms with Crippen molar-refractivity contribution in [3.63, 3.8) is 0 Å². The molecule has 8 nitrogen and oxygen atoms in total. The van der Waals surface area contributed by atoms with Gasteiger partial charge in [0.05, 0.1) is 28.6 Å². The minimum atomic E-state index is 0.274. The molecule has 0 aliphatic carbocycles. The Labute approximate surface area is 144 Å². The molecule has 0 fully saturated rings. The lowest BCUT2D eigenvalue weighted by Crippen LogP contribution is -1.92. The van der Waals surface area contributed by atoms with Gasteiger partial charge in [-0.3, -0.25) is 10.1 Å². The Bertz CT molecular complexity index is 1190. The van der Waals surface area contributed by atoms with Crippen molar-refractivity contribution < 1.29 is 8.83 Å². The van der Waals surface area contributed by atoms with Crippen LogP contribution in [0, 0.1) is 0 Å². The molecule has 1 aromatic carbocycles. The molecule has 5 rings (SSSR count). The van der Waals surface area contributed by atoms with Gasteiger partial charge in [-0.2, -0.15) is 5.10 Å². The molecular weight excluding hydrogens is 344 g/mol. The van der Waals surface area contributed by atoms with Crippen LogP contribution in [0.5, 0.6) is 0 Å². The number of pyridine rings is 1. The van der Waals surface area contributed by atoms with Gasteiger partial charge in [0, 0.05) is 22.7 Å². The van der Waals surface area contributed by atoms with Crippen molar-refractivity contribution in [1.82, 2.24) is 25.4 Å². The molecule has 2 N–H and O–H groups in total. The second-order valence-electron chi connectivity index (χ2n) is 5.30. The maximum atomic E-state index is 6.20. The number of aromatic nitrogens is 5. The average molecular weight is 353 g/mol. The number of hydrogen-bond donors (Lipinski definition) is 2. The largest absolute Gasteiger partial charge is 0.447 e. The second kappa shape index (κ2) is 5.32. The highest BCUT2D eigenvalue weighted by Crippen LogP contribution is 2.40. The van der Waals surface area contributed by atoms with E-state index in [-0.39, 0.29) is 5.89 Å². The molecule has 0 atom stereocenters. The predicted molar refractivity (Wildman–Crippen MR) is 91.7 cm³/mol. The van der Waals surface area contributed by atoms with Crippen LogP contribution in [0.1, 0.15) is 0 Å². The lowest BCUT2D eigenvalue weighted by atomic mass is 10.2. The second-order valence-corrected chi connectivity index (χ2v) is 5.71. The first kappa shape index (κ1) is 14.0. The van der Waals surface area contributed by atoms with E-state index in [1.165, 1.54) is 6.39 Å². The van der Waals surface area contributed by atoms with Crippen LogP contribution in [0.15, 0.2) is 52.0 Å². The van der Waals surface area contributed by atoms with Crippen molar-refractivity contribution in [3.8, 4) is 11.7 Å². The summed E-state index contributed by atoms with van der Waals surface area (Å²) in [5.41, 5.74) is 2.87. The van der Waals surface area contributed by atoms with E-state index in [1.807, 2.05) is 12.1 Å². The number of fused-ring (bicyclic) bond motifs is 2. The van der Waals surface area contributed by atoms with Crippen molar-refractivity contribution in [2.24, 2.45) is 0 Å². The molecule has 0 bridgehead atoms. The van der Waals surface area contributed by atoms with Crippen LogP contribution in [-0.2, 0) is 0 Å². The Morgan fingerprint density at radius 2 is 2.08 bits per heavy atom. The number of benzene rings is 1. The van der Waals surface area contributed by atoms with Crippen molar-refractivity contribution in [1.29, 1.82) is 0 Å². The molecule has 25 heavy (non-hydrogen) atoms. The van der Waals surface area contributed by atoms with Crippen molar-refractivity contribution in [3.05, 3.63) is 48.2 Å². The van der Waals surface area contributed by atoms with Gasteiger partial charge in [-0.1, -0.05) is 11.6 Å². The summed E-state index contributed by atoms with van der Waals surface area (Å²) in [5.74, 6) is 0.711. The van der Waals surface area contributed by atoms with E-state index in [0.717, 1.165) is 22.0 Å². The van der Waals surface area contributed by atoms with Crippen molar-refractivity contribution >= 4 is 44.8 Å². The van der Waals surface area contributed by atoms with Gasteiger partial charge in [0.25, 0.3) is 5.89 Å². The van der Waals surface area contributed by atoms with Gasteiger partial charge in [-0.15, -0.1) is 10.2 Å². The molecule has 0 amide bonds. The van der Waals surface area contributed by atoms with Gasteiger partial charge in [0.1, 0.15) is 0 Å². The zero-order valence-electron chi connectivity index (χ0n) is 12.5. The Morgan fingerprint density at radius 3 is 2.96 bits per heavy atom. The molecule has 0 saturated heterocycles. The molecule has 4 heterocycles. The number of furan rings is 1. The highest BCUT2D eigenvalue weighted by molar-refractivity contribution is 6.35. The first-order valence-corrected chi connectivity index (χ1v) is 7.71. The van der Waals surface area contributed by atoms with Crippen LogP contribution < -0.4 is 5.32 Å². The maximum absolute atomic E-state index is 6.20. The predicted octanol–water partition coefficient (Wildman–Crippen LogP) is 4.15. The Balaban J connectivity index is 1.73. The molecular formula is C16H9ClN6O2. The van der Waals surface area contributed by atoms with E-state index in [2.05, 4.69) is 30.7 Å². The molecule has 122 valence electrons. The van der Waals surface area contributed by atoms with Crippen LogP contribution in [0.4, 0.5) is 11.4 Å². The van der Waals surface area contributed by atoms with Gasteiger partial charge in [0.15, 0.2) is 5.58 Å². The molecule has 0 aliphatic rings. The lowest BCUT2D eigenvalue weighted by molar-refractivity contribution is 0.532. The topological polar surface area (TPSA) is 106 Å². The minimum Gasteiger partial charge on any atom is -0.447 e. The summed E-state index contributed by atoms with van der Waals surface area (Å²) >= 11 is 6.20. The number of anilines is 2. The van der Waals surface area contributed by atoms with E-state index in [4.69, 9.17) is 20.4 Å². The normalized spacial score (nSPS) is 11.4. The molecule has 0 aliphatic heterocycles. The number of H-pyrrole nitrogens is 1. The third kappa shape index (κ3) is 2.15. The number of aromatic amines is 1. The lowest BCUT2D eigenvalue weighted by Gasteiger charge is -2.08. The van der Waals surface area contributed by atoms with Gasteiger partial charge < -0.3 is 14.2 Å². The Hall–Kier alpha value is -3.39.